The van der Waals surface area contributed by atoms with E-state index in [0.29, 0.717) is 0 Å². The van der Waals surface area contributed by atoms with Crippen LogP contribution in [0.2, 0.25) is 5.02 Å². The SMILES string of the molecule is CNCc1ccc2ccc(Cl)cc2n1. The molecule has 1 N–H and O–H groups in total. The molecule has 0 aliphatic carbocycles. The van der Waals surface area contributed by atoms with Crippen LogP contribution in [0, 0.1) is 0 Å². The van der Waals surface area contributed by atoms with Gasteiger partial charge in [-0.15, -0.1) is 0 Å². The predicted octanol–water partition coefficient (Wildman–Crippen LogP) is 2.61. The van der Waals surface area contributed by atoms with Crippen LogP contribution < -0.4 is 5.32 Å². The Morgan fingerprint density at radius 2 is 2.07 bits per heavy atom. The summed E-state index contributed by atoms with van der Waals surface area (Å²) in [5.41, 5.74) is 1.98. The van der Waals surface area contributed by atoms with Crippen LogP contribution in [0.25, 0.3) is 10.9 Å². The number of aromatic nitrogens is 1. The lowest BCUT2D eigenvalue weighted by Crippen LogP contribution is -2.06. The van der Waals surface area contributed by atoms with Crippen molar-refractivity contribution in [1.29, 1.82) is 0 Å². The Labute approximate surface area is 87.9 Å². The van der Waals surface area contributed by atoms with Gasteiger partial charge in [0.25, 0.3) is 0 Å². The molecule has 1 aromatic carbocycles. The van der Waals surface area contributed by atoms with Crippen molar-refractivity contribution in [3.63, 3.8) is 0 Å². The largest absolute Gasteiger partial charge is 0.314 e. The summed E-state index contributed by atoms with van der Waals surface area (Å²) in [4.78, 5) is 4.48. The molecule has 0 aliphatic rings. The van der Waals surface area contributed by atoms with Crippen molar-refractivity contribution in [3.05, 3.63) is 41.0 Å². The molecule has 0 atom stereocenters. The van der Waals surface area contributed by atoms with Crippen molar-refractivity contribution in [2.24, 2.45) is 0 Å². The van der Waals surface area contributed by atoms with E-state index in [1.807, 2.05) is 31.3 Å². The van der Waals surface area contributed by atoms with E-state index in [1.54, 1.807) is 0 Å². The van der Waals surface area contributed by atoms with Gasteiger partial charge in [-0.05, 0) is 25.2 Å². The Morgan fingerprint density at radius 1 is 1.29 bits per heavy atom. The summed E-state index contributed by atoms with van der Waals surface area (Å²) in [6.07, 6.45) is 0. The summed E-state index contributed by atoms with van der Waals surface area (Å²) >= 11 is 5.89. The van der Waals surface area contributed by atoms with Crippen LogP contribution in [0.5, 0.6) is 0 Å². The highest BCUT2D eigenvalue weighted by molar-refractivity contribution is 6.31. The molecule has 2 rings (SSSR count). The van der Waals surface area contributed by atoms with Gasteiger partial charge in [-0.25, -0.2) is 0 Å². The number of hydrogen-bond donors (Lipinski definition) is 1. The number of pyridine rings is 1. The summed E-state index contributed by atoms with van der Waals surface area (Å²) < 4.78 is 0. The first-order valence-corrected chi connectivity index (χ1v) is 4.87. The maximum absolute atomic E-state index is 5.89. The molecule has 1 aromatic heterocycles. The number of fused-ring (bicyclic) bond motifs is 1. The zero-order valence-corrected chi connectivity index (χ0v) is 8.67. The van der Waals surface area contributed by atoms with Gasteiger partial charge in [0, 0.05) is 17.0 Å². The number of benzene rings is 1. The molecule has 0 bridgehead atoms. The lowest BCUT2D eigenvalue weighted by Gasteiger charge is -2.02. The molecular formula is C11H11ClN2. The average Bonchev–Trinajstić information content (AvgIpc) is 2.17. The van der Waals surface area contributed by atoms with E-state index in [1.165, 1.54) is 0 Å². The molecule has 1 heterocycles. The first-order chi connectivity index (χ1) is 6.79. The van der Waals surface area contributed by atoms with Gasteiger partial charge in [0.05, 0.1) is 11.2 Å². The minimum Gasteiger partial charge on any atom is -0.314 e. The highest BCUT2D eigenvalue weighted by Crippen LogP contribution is 2.17. The quantitative estimate of drug-likeness (QED) is 0.817. The lowest BCUT2D eigenvalue weighted by atomic mass is 10.2. The summed E-state index contributed by atoms with van der Waals surface area (Å²) in [6.45, 7) is 0.780. The molecule has 2 nitrogen and oxygen atoms in total. The zero-order valence-electron chi connectivity index (χ0n) is 7.92. The first-order valence-electron chi connectivity index (χ1n) is 4.49. The monoisotopic (exact) mass is 206 g/mol. The van der Waals surface area contributed by atoms with E-state index < -0.39 is 0 Å². The Balaban J connectivity index is 2.52. The Morgan fingerprint density at radius 3 is 2.86 bits per heavy atom. The lowest BCUT2D eigenvalue weighted by molar-refractivity contribution is 0.795. The van der Waals surface area contributed by atoms with Gasteiger partial charge in [0.15, 0.2) is 0 Å². The molecule has 72 valence electrons. The average molecular weight is 207 g/mol. The van der Waals surface area contributed by atoms with Crippen LogP contribution in [-0.2, 0) is 6.54 Å². The predicted molar refractivity (Wildman–Crippen MR) is 59.5 cm³/mol. The van der Waals surface area contributed by atoms with Crippen LogP contribution in [0.3, 0.4) is 0 Å². The third-order valence-corrected chi connectivity index (χ3v) is 2.30. The van der Waals surface area contributed by atoms with Gasteiger partial charge in [0.2, 0.25) is 0 Å². The Hall–Kier alpha value is -1.12. The first kappa shape index (κ1) is 9.44. The molecule has 0 spiro atoms. The second kappa shape index (κ2) is 3.95. The normalized spacial score (nSPS) is 10.7. The molecule has 0 saturated heterocycles. The molecule has 2 aromatic rings. The van der Waals surface area contributed by atoms with Gasteiger partial charge in [-0.3, -0.25) is 4.98 Å². The minimum atomic E-state index is 0.728. The van der Waals surface area contributed by atoms with Crippen molar-refractivity contribution in [2.45, 2.75) is 6.54 Å². The number of nitrogens with zero attached hydrogens (tertiary/aromatic N) is 1. The van der Waals surface area contributed by atoms with Gasteiger partial charge in [-0.2, -0.15) is 0 Å². The van der Waals surface area contributed by atoms with E-state index in [4.69, 9.17) is 11.6 Å². The minimum absolute atomic E-state index is 0.728. The number of rotatable bonds is 2. The number of hydrogen-bond acceptors (Lipinski definition) is 2. The molecule has 0 fully saturated rings. The summed E-state index contributed by atoms with van der Waals surface area (Å²) in [5, 5.41) is 4.92. The highest BCUT2D eigenvalue weighted by Gasteiger charge is 1.98. The van der Waals surface area contributed by atoms with E-state index in [9.17, 15) is 0 Å². The maximum Gasteiger partial charge on any atom is 0.0720 e. The van der Waals surface area contributed by atoms with Gasteiger partial charge in [0.1, 0.15) is 0 Å². The van der Waals surface area contributed by atoms with Crippen LogP contribution in [-0.4, -0.2) is 12.0 Å². The van der Waals surface area contributed by atoms with E-state index >= 15 is 0 Å². The van der Waals surface area contributed by atoms with E-state index in [2.05, 4.69) is 16.4 Å². The van der Waals surface area contributed by atoms with Crippen molar-refractivity contribution >= 4 is 22.5 Å². The molecule has 3 heteroatoms. The number of nitrogens with one attached hydrogen (secondary N) is 1. The second-order valence-electron chi connectivity index (χ2n) is 3.17. The topological polar surface area (TPSA) is 24.9 Å². The molecule has 0 aliphatic heterocycles. The van der Waals surface area contributed by atoms with Gasteiger partial charge < -0.3 is 5.32 Å². The molecule has 14 heavy (non-hydrogen) atoms. The number of halogens is 1. The van der Waals surface area contributed by atoms with Crippen LogP contribution in [0.4, 0.5) is 0 Å². The van der Waals surface area contributed by atoms with Gasteiger partial charge in [-0.1, -0.05) is 23.7 Å². The Bertz CT molecular complexity index is 454. The molecule has 0 amide bonds. The fourth-order valence-corrected chi connectivity index (χ4v) is 1.58. The fourth-order valence-electron chi connectivity index (χ4n) is 1.41. The third-order valence-electron chi connectivity index (χ3n) is 2.07. The summed E-state index contributed by atoms with van der Waals surface area (Å²) in [6, 6.07) is 9.82. The summed E-state index contributed by atoms with van der Waals surface area (Å²) in [7, 11) is 1.91. The van der Waals surface area contributed by atoms with Crippen molar-refractivity contribution in [2.75, 3.05) is 7.05 Å². The second-order valence-corrected chi connectivity index (χ2v) is 3.61. The van der Waals surface area contributed by atoms with Crippen LogP contribution in [0.15, 0.2) is 30.3 Å². The maximum atomic E-state index is 5.89. The van der Waals surface area contributed by atoms with Crippen molar-refractivity contribution in [1.82, 2.24) is 10.3 Å². The van der Waals surface area contributed by atoms with Gasteiger partial charge >= 0.3 is 0 Å². The molecule has 0 unspecified atom stereocenters. The molecule has 0 radical (unpaired) electrons. The van der Waals surface area contributed by atoms with E-state index in [-0.39, 0.29) is 0 Å². The highest BCUT2D eigenvalue weighted by atomic mass is 35.5. The van der Waals surface area contributed by atoms with Crippen molar-refractivity contribution < 1.29 is 0 Å². The standard InChI is InChI=1S/C11H11ClN2/c1-13-7-10-5-3-8-2-4-9(12)6-11(8)14-10/h2-6,13H,7H2,1H3. The smallest absolute Gasteiger partial charge is 0.0720 e. The Kier molecular flexibility index (Phi) is 2.66. The molecular weight excluding hydrogens is 196 g/mol. The molecule has 0 saturated carbocycles. The fraction of sp³-hybridized carbons (Fsp3) is 0.182. The third kappa shape index (κ3) is 1.86. The summed E-state index contributed by atoms with van der Waals surface area (Å²) in [5.74, 6) is 0. The van der Waals surface area contributed by atoms with Crippen LogP contribution in [0.1, 0.15) is 5.69 Å². The van der Waals surface area contributed by atoms with E-state index in [0.717, 1.165) is 28.2 Å². The van der Waals surface area contributed by atoms with Crippen molar-refractivity contribution in [3.8, 4) is 0 Å². The van der Waals surface area contributed by atoms with Crippen LogP contribution >= 0.6 is 11.6 Å². The zero-order chi connectivity index (χ0) is 9.97.